The summed E-state index contributed by atoms with van der Waals surface area (Å²) in [6, 6.07) is 13.0. The molecule has 2 N–H and O–H groups in total. The van der Waals surface area contributed by atoms with Crippen molar-refractivity contribution in [3.05, 3.63) is 89.8 Å². The maximum absolute atomic E-state index is 13.0. The highest BCUT2D eigenvalue weighted by Crippen LogP contribution is 2.14. The molecule has 1 fully saturated rings. The number of rotatable bonds is 8. The van der Waals surface area contributed by atoms with Crippen molar-refractivity contribution in [2.24, 2.45) is 15.9 Å². The molecule has 3 rings (SSSR count). The number of amides is 1. The molecule has 8 heteroatoms. The normalized spacial score (nSPS) is 15.9. The first kappa shape index (κ1) is 23.9. The van der Waals surface area contributed by atoms with Crippen LogP contribution >= 0.6 is 0 Å². The molecule has 0 atom stereocenters. The number of benzene rings is 1. The summed E-state index contributed by atoms with van der Waals surface area (Å²) in [4.78, 5) is 30.5. The molecule has 1 aromatic heterocycles. The van der Waals surface area contributed by atoms with Gasteiger partial charge in [-0.3, -0.25) is 19.7 Å². The Morgan fingerprint density at radius 2 is 1.85 bits per heavy atom. The Morgan fingerprint density at radius 3 is 2.42 bits per heavy atom. The molecule has 33 heavy (non-hydrogen) atoms. The predicted octanol–water partition coefficient (Wildman–Crippen LogP) is 2.34. The minimum Gasteiger partial charge on any atom is -0.399 e. The zero-order chi connectivity index (χ0) is 23.6. The maximum Gasteiger partial charge on any atom is 0.253 e. The Balaban J connectivity index is 1.63. The summed E-state index contributed by atoms with van der Waals surface area (Å²) in [5.41, 5.74) is 9.60. The number of nitrogens with zero attached hydrogens (tertiary/aromatic N) is 5. The van der Waals surface area contributed by atoms with Gasteiger partial charge in [0.15, 0.2) is 0 Å². The minimum absolute atomic E-state index is 0.0195. The van der Waals surface area contributed by atoms with Crippen molar-refractivity contribution in [2.75, 3.05) is 46.9 Å². The number of carbonyl (C=O) groups excluding carboxylic acids is 1. The van der Waals surface area contributed by atoms with Crippen LogP contribution < -0.4 is 5.73 Å². The number of pyridine rings is 1. The number of amidine groups is 1. The Labute approximate surface area is 194 Å². The summed E-state index contributed by atoms with van der Waals surface area (Å²) >= 11 is 0. The molecular formula is C25H30N6O2. The molecule has 1 aliphatic rings. The fourth-order valence-electron chi connectivity index (χ4n) is 3.59. The summed E-state index contributed by atoms with van der Waals surface area (Å²) < 4.78 is 0. The number of aromatic nitrogens is 1. The van der Waals surface area contributed by atoms with Crippen LogP contribution in [0.5, 0.6) is 0 Å². The Kier molecular flexibility index (Phi) is 8.49. The fraction of sp³-hybridized carbons (Fsp3) is 0.280. The number of piperazine rings is 1. The van der Waals surface area contributed by atoms with Gasteiger partial charge in [-0.2, -0.15) is 0 Å². The van der Waals surface area contributed by atoms with E-state index >= 15 is 0 Å². The van der Waals surface area contributed by atoms with Crippen LogP contribution in [0.25, 0.3) is 0 Å². The topological polar surface area (TPSA) is 96.4 Å². The quantitative estimate of drug-likeness (QED) is 0.291. The first-order valence-electron chi connectivity index (χ1n) is 10.8. The molecule has 8 nitrogen and oxygen atoms in total. The van der Waals surface area contributed by atoms with E-state index in [1.165, 1.54) is 7.11 Å². The van der Waals surface area contributed by atoms with E-state index in [-0.39, 0.29) is 5.91 Å². The SMILES string of the molecule is C=C/C(=C\C(N)=NC)CN1CCN(C(=O)c2ccc(C(=NOC)c3ccccn3)cc2)CC1. The zero-order valence-electron chi connectivity index (χ0n) is 19.1. The third kappa shape index (κ3) is 6.36. The standard InChI is InChI=1S/C25H30N6O2/c1-4-19(17-23(26)27-2)18-30-13-15-31(16-14-30)25(32)21-10-8-20(9-11-21)24(29-33-3)22-7-5-6-12-28-22/h4-12,17H,1,13-16,18H2,2-3H3,(H2,26,27)/b19-17+,29-24?. The molecule has 1 amide bonds. The monoisotopic (exact) mass is 446 g/mol. The number of aliphatic imine (C=N–C) groups is 1. The van der Waals surface area contributed by atoms with Crippen LogP contribution in [0.2, 0.25) is 0 Å². The van der Waals surface area contributed by atoms with Gasteiger partial charge in [0.05, 0.1) is 5.69 Å². The molecule has 0 spiro atoms. The molecule has 0 saturated carbocycles. The van der Waals surface area contributed by atoms with E-state index in [1.54, 1.807) is 19.3 Å². The largest absolute Gasteiger partial charge is 0.399 e. The second kappa shape index (κ2) is 11.7. The number of hydrogen-bond acceptors (Lipinski definition) is 6. The van der Waals surface area contributed by atoms with Crippen molar-refractivity contribution in [1.29, 1.82) is 0 Å². The van der Waals surface area contributed by atoms with Gasteiger partial charge < -0.3 is 15.5 Å². The molecule has 0 bridgehead atoms. The highest BCUT2D eigenvalue weighted by molar-refractivity contribution is 6.11. The van der Waals surface area contributed by atoms with Gasteiger partial charge in [0, 0.05) is 57.1 Å². The highest BCUT2D eigenvalue weighted by atomic mass is 16.6. The molecule has 0 radical (unpaired) electrons. The van der Waals surface area contributed by atoms with Gasteiger partial charge in [0.2, 0.25) is 0 Å². The van der Waals surface area contributed by atoms with E-state index in [2.05, 4.69) is 26.6 Å². The predicted molar refractivity (Wildman–Crippen MR) is 131 cm³/mol. The number of hydrogen-bond donors (Lipinski definition) is 1. The molecule has 1 aliphatic heterocycles. The lowest BCUT2D eigenvalue weighted by Crippen LogP contribution is -2.49. The van der Waals surface area contributed by atoms with Crippen LogP contribution in [0.4, 0.5) is 0 Å². The molecule has 2 aromatic rings. The fourth-order valence-corrected chi connectivity index (χ4v) is 3.59. The van der Waals surface area contributed by atoms with E-state index in [9.17, 15) is 4.79 Å². The summed E-state index contributed by atoms with van der Waals surface area (Å²) in [5.74, 6) is 0.495. The van der Waals surface area contributed by atoms with E-state index in [0.29, 0.717) is 35.9 Å². The lowest BCUT2D eigenvalue weighted by molar-refractivity contribution is 0.0648. The molecule has 2 heterocycles. The number of oxime groups is 1. The zero-order valence-corrected chi connectivity index (χ0v) is 19.1. The minimum atomic E-state index is 0.0195. The Hall–Kier alpha value is -3.78. The van der Waals surface area contributed by atoms with Crippen LogP contribution in [-0.2, 0) is 4.84 Å². The Bertz CT molecular complexity index is 1040. The molecule has 1 saturated heterocycles. The lowest BCUT2D eigenvalue weighted by atomic mass is 10.0. The average molecular weight is 447 g/mol. The van der Waals surface area contributed by atoms with Crippen molar-refractivity contribution in [1.82, 2.24) is 14.8 Å². The van der Waals surface area contributed by atoms with Crippen LogP contribution in [0.3, 0.4) is 0 Å². The van der Waals surface area contributed by atoms with Crippen LogP contribution in [0.1, 0.15) is 21.6 Å². The van der Waals surface area contributed by atoms with E-state index in [1.807, 2.05) is 53.4 Å². The number of carbonyl (C=O) groups is 1. The summed E-state index contributed by atoms with van der Waals surface area (Å²) in [6.45, 7) is 7.46. The van der Waals surface area contributed by atoms with Gasteiger partial charge in [-0.05, 0) is 35.9 Å². The van der Waals surface area contributed by atoms with Gasteiger partial charge in [0.1, 0.15) is 18.7 Å². The van der Waals surface area contributed by atoms with Crippen molar-refractivity contribution in [3.63, 3.8) is 0 Å². The smallest absolute Gasteiger partial charge is 0.253 e. The molecular weight excluding hydrogens is 416 g/mol. The Morgan fingerprint density at radius 1 is 1.15 bits per heavy atom. The average Bonchev–Trinajstić information content (AvgIpc) is 2.87. The lowest BCUT2D eigenvalue weighted by Gasteiger charge is -2.35. The van der Waals surface area contributed by atoms with Crippen molar-refractivity contribution in [3.8, 4) is 0 Å². The van der Waals surface area contributed by atoms with Crippen molar-refractivity contribution >= 4 is 17.5 Å². The molecule has 1 aromatic carbocycles. The number of nitrogens with two attached hydrogens (primary N) is 1. The highest BCUT2D eigenvalue weighted by Gasteiger charge is 2.22. The van der Waals surface area contributed by atoms with Crippen LogP contribution in [-0.4, -0.2) is 79.1 Å². The van der Waals surface area contributed by atoms with Gasteiger partial charge >= 0.3 is 0 Å². The summed E-state index contributed by atoms with van der Waals surface area (Å²) in [6.07, 6.45) is 5.33. The maximum atomic E-state index is 13.0. The second-order valence-corrected chi connectivity index (χ2v) is 7.55. The van der Waals surface area contributed by atoms with Gasteiger partial charge in [-0.15, -0.1) is 0 Å². The van der Waals surface area contributed by atoms with Crippen molar-refractivity contribution in [2.45, 2.75) is 0 Å². The van der Waals surface area contributed by atoms with Gasteiger partial charge in [-0.1, -0.05) is 36.0 Å². The van der Waals surface area contributed by atoms with E-state index in [4.69, 9.17) is 10.6 Å². The van der Waals surface area contributed by atoms with E-state index in [0.717, 1.165) is 30.8 Å². The van der Waals surface area contributed by atoms with Gasteiger partial charge in [-0.25, -0.2) is 0 Å². The second-order valence-electron chi connectivity index (χ2n) is 7.55. The first-order valence-corrected chi connectivity index (χ1v) is 10.8. The summed E-state index contributed by atoms with van der Waals surface area (Å²) in [5, 5.41) is 4.12. The van der Waals surface area contributed by atoms with Gasteiger partial charge in [0.25, 0.3) is 5.91 Å². The third-order valence-electron chi connectivity index (χ3n) is 5.41. The van der Waals surface area contributed by atoms with E-state index < -0.39 is 0 Å². The van der Waals surface area contributed by atoms with Crippen LogP contribution in [0, 0.1) is 0 Å². The molecule has 172 valence electrons. The first-order chi connectivity index (χ1) is 16.0. The summed E-state index contributed by atoms with van der Waals surface area (Å²) in [7, 11) is 3.16. The van der Waals surface area contributed by atoms with Crippen LogP contribution in [0.15, 0.2) is 83.1 Å². The third-order valence-corrected chi connectivity index (χ3v) is 5.41. The van der Waals surface area contributed by atoms with Crippen molar-refractivity contribution < 1.29 is 9.63 Å². The molecule has 0 aliphatic carbocycles. The molecule has 0 unspecified atom stereocenters.